The van der Waals surface area contributed by atoms with E-state index in [1.807, 2.05) is 0 Å². The van der Waals surface area contributed by atoms with Gasteiger partial charge >= 0.3 is 0 Å². The van der Waals surface area contributed by atoms with E-state index in [4.69, 9.17) is 5.73 Å². The predicted molar refractivity (Wildman–Crippen MR) is 71.1 cm³/mol. The maximum absolute atomic E-state index is 12.4. The summed E-state index contributed by atoms with van der Waals surface area (Å²) in [5.74, 6) is 0. The van der Waals surface area contributed by atoms with Crippen LogP contribution in [0, 0.1) is 0 Å². The van der Waals surface area contributed by atoms with Gasteiger partial charge in [-0.2, -0.15) is 0 Å². The summed E-state index contributed by atoms with van der Waals surface area (Å²) < 4.78 is 24.8. The normalized spacial score (nSPS) is 17.8. The third kappa shape index (κ3) is 4.19. The standard InChI is InChI=1S/C13H18F2N2.ClH/c14-13(15)11-3-1-10(2-4-11)9-17-7-5-12(16)6-8-17;/h1-4,12-13H,5-9,16H2;1H. The minimum atomic E-state index is -2.38. The first-order chi connectivity index (χ1) is 8.15. The number of likely N-dealkylation sites (tertiary alicyclic amines) is 1. The van der Waals surface area contributed by atoms with E-state index in [9.17, 15) is 8.78 Å². The first-order valence-electron chi connectivity index (χ1n) is 6.00. The number of hydrogen-bond acceptors (Lipinski definition) is 2. The second-order valence-corrected chi connectivity index (χ2v) is 4.66. The van der Waals surface area contributed by atoms with E-state index >= 15 is 0 Å². The van der Waals surface area contributed by atoms with Gasteiger partial charge in [-0.3, -0.25) is 4.90 Å². The van der Waals surface area contributed by atoms with Gasteiger partial charge < -0.3 is 5.73 Å². The average molecular weight is 277 g/mol. The van der Waals surface area contributed by atoms with Crippen molar-refractivity contribution in [2.45, 2.75) is 31.9 Å². The highest BCUT2D eigenvalue weighted by molar-refractivity contribution is 5.85. The lowest BCUT2D eigenvalue weighted by molar-refractivity contribution is 0.151. The van der Waals surface area contributed by atoms with Gasteiger partial charge in [-0.1, -0.05) is 24.3 Å². The highest BCUT2D eigenvalue weighted by Crippen LogP contribution is 2.20. The molecule has 18 heavy (non-hydrogen) atoms. The topological polar surface area (TPSA) is 29.3 Å². The van der Waals surface area contributed by atoms with E-state index < -0.39 is 6.43 Å². The van der Waals surface area contributed by atoms with Gasteiger partial charge in [0.2, 0.25) is 0 Å². The van der Waals surface area contributed by atoms with Crippen LogP contribution in [0.25, 0.3) is 0 Å². The summed E-state index contributed by atoms with van der Waals surface area (Å²) in [6.45, 7) is 2.83. The third-order valence-corrected chi connectivity index (χ3v) is 3.27. The van der Waals surface area contributed by atoms with Gasteiger partial charge in [0.1, 0.15) is 0 Å². The predicted octanol–water partition coefficient (Wildman–Crippen LogP) is 2.97. The Morgan fingerprint density at radius 2 is 1.72 bits per heavy atom. The van der Waals surface area contributed by atoms with Gasteiger partial charge in [0, 0.05) is 18.2 Å². The molecule has 0 amide bonds. The molecule has 1 heterocycles. The number of piperidine rings is 1. The zero-order chi connectivity index (χ0) is 12.3. The fourth-order valence-electron chi connectivity index (χ4n) is 2.14. The molecule has 1 aromatic carbocycles. The summed E-state index contributed by atoms with van der Waals surface area (Å²) in [4.78, 5) is 2.32. The van der Waals surface area contributed by atoms with Crippen molar-refractivity contribution in [1.82, 2.24) is 4.90 Å². The number of benzene rings is 1. The van der Waals surface area contributed by atoms with E-state index in [2.05, 4.69) is 4.90 Å². The highest BCUT2D eigenvalue weighted by Gasteiger charge is 2.16. The number of nitrogens with two attached hydrogens (primary N) is 1. The Balaban J connectivity index is 0.00000162. The summed E-state index contributed by atoms with van der Waals surface area (Å²) in [6.07, 6.45) is -0.332. The minimum absolute atomic E-state index is 0. The van der Waals surface area contributed by atoms with Crippen molar-refractivity contribution >= 4 is 12.4 Å². The number of hydrogen-bond donors (Lipinski definition) is 1. The van der Waals surface area contributed by atoms with Crippen molar-refractivity contribution in [1.29, 1.82) is 0 Å². The lowest BCUT2D eigenvalue weighted by Gasteiger charge is -2.30. The Bertz CT molecular complexity index is 349. The smallest absolute Gasteiger partial charge is 0.263 e. The molecule has 0 saturated carbocycles. The molecule has 2 rings (SSSR count). The van der Waals surface area contributed by atoms with Crippen LogP contribution in [0.4, 0.5) is 8.78 Å². The van der Waals surface area contributed by atoms with Crippen LogP contribution in [0.1, 0.15) is 30.4 Å². The molecule has 0 unspecified atom stereocenters. The number of rotatable bonds is 3. The summed E-state index contributed by atoms with van der Waals surface area (Å²) >= 11 is 0. The van der Waals surface area contributed by atoms with Gasteiger partial charge in [-0.25, -0.2) is 8.78 Å². The fraction of sp³-hybridized carbons (Fsp3) is 0.538. The third-order valence-electron chi connectivity index (χ3n) is 3.27. The van der Waals surface area contributed by atoms with Crippen LogP contribution in [0.2, 0.25) is 0 Å². The molecule has 0 spiro atoms. The molecule has 1 aliphatic rings. The number of nitrogens with zero attached hydrogens (tertiary/aromatic N) is 1. The van der Waals surface area contributed by atoms with Gasteiger partial charge in [0.25, 0.3) is 6.43 Å². The first-order valence-corrected chi connectivity index (χ1v) is 6.00. The van der Waals surface area contributed by atoms with Gasteiger partial charge in [0.15, 0.2) is 0 Å². The van der Waals surface area contributed by atoms with Crippen LogP contribution in [0.3, 0.4) is 0 Å². The zero-order valence-corrected chi connectivity index (χ0v) is 11.0. The lowest BCUT2D eigenvalue weighted by Crippen LogP contribution is -2.39. The van der Waals surface area contributed by atoms with Crippen molar-refractivity contribution in [3.63, 3.8) is 0 Å². The molecular formula is C13H19ClF2N2. The average Bonchev–Trinajstić information content (AvgIpc) is 2.33. The highest BCUT2D eigenvalue weighted by atomic mass is 35.5. The molecule has 0 bridgehead atoms. The Hall–Kier alpha value is -0.710. The first kappa shape index (κ1) is 15.3. The molecule has 2 nitrogen and oxygen atoms in total. The molecule has 1 aromatic rings. The Morgan fingerprint density at radius 3 is 2.22 bits per heavy atom. The maximum atomic E-state index is 12.4. The van der Waals surface area contributed by atoms with Crippen LogP contribution in [-0.2, 0) is 6.54 Å². The van der Waals surface area contributed by atoms with Crippen LogP contribution in [0.15, 0.2) is 24.3 Å². The Labute approximate surface area is 113 Å². The van der Waals surface area contributed by atoms with Crippen LogP contribution in [-0.4, -0.2) is 24.0 Å². The Kier molecular flexibility index (Phi) is 5.99. The number of alkyl halides is 2. The largest absolute Gasteiger partial charge is 0.328 e. The number of halogens is 3. The molecule has 5 heteroatoms. The van der Waals surface area contributed by atoms with Crippen LogP contribution in [0.5, 0.6) is 0 Å². The van der Waals surface area contributed by atoms with Crippen LogP contribution >= 0.6 is 12.4 Å². The molecule has 0 radical (unpaired) electrons. The summed E-state index contributed by atoms with van der Waals surface area (Å²) in [7, 11) is 0. The van der Waals surface area contributed by atoms with E-state index in [0.29, 0.717) is 6.04 Å². The van der Waals surface area contributed by atoms with Gasteiger partial charge in [0.05, 0.1) is 0 Å². The van der Waals surface area contributed by atoms with Crippen molar-refractivity contribution < 1.29 is 8.78 Å². The fourth-order valence-corrected chi connectivity index (χ4v) is 2.14. The molecular weight excluding hydrogens is 258 g/mol. The SMILES string of the molecule is Cl.NC1CCN(Cc2ccc(C(F)F)cc2)CC1. The van der Waals surface area contributed by atoms with E-state index in [1.54, 1.807) is 12.1 Å². The Morgan fingerprint density at radius 1 is 1.17 bits per heavy atom. The lowest BCUT2D eigenvalue weighted by atomic mass is 10.0. The molecule has 0 atom stereocenters. The van der Waals surface area contributed by atoms with Crippen molar-refractivity contribution in [2.75, 3.05) is 13.1 Å². The molecule has 1 aliphatic heterocycles. The molecule has 1 fully saturated rings. The monoisotopic (exact) mass is 276 g/mol. The van der Waals surface area contributed by atoms with Gasteiger partial charge in [-0.05, 0) is 31.5 Å². The van der Waals surface area contributed by atoms with E-state index in [-0.39, 0.29) is 18.0 Å². The van der Waals surface area contributed by atoms with E-state index in [0.717, 1.165) is 38.0 Å². The van der Waals surface area contributed by atoms with Crippen LogP contribution < -0.4 is 5.73 Å². The maximum Gasteiger partial charge on any atom is 0.263 e. The molecule has 0 aromatic heterocycles. The molecule has 0 aliphatic carbocycles. The molecule has 1 saturated heterocycles. The second kappa shape index (κ2) is 7.02. The van der Waals surface area contributed by atoms with E-state index in [1.165, 1.54) is 12.1 Å². The van der Waals surface area contributed by atoms with Gasteiger partial charge in [-0.15, -0.1) is 12.4 Å². The quantitative estimate of drug-likeness (QED) is 0.920. The second-order valence-electron chi connectivity index (χ2n) is 4.66. The van der Waals surface area contributed by atoms with Crippen molar-refractivity contribution in [2.24, 2.45) is 5.73 Å². The minimum Gasteiger partial charge on any atom is -0.328 e. The summed E-state index contributed by atoms with van der Waals surface area (Å²) in [5.41, 5.74) is 7.01. The summed E-state index contributed by atoms with van der Waals surface area (Å²) in [6, 6.07) is 6.92. The molecule has 2 N–H and O–H groups in total. The van der Waals surface area contributed by atoms with Crippen molar-refractivity contribution in [3.05, 3.63) is 35.4 Å². The van der Waals surface area contributed by atoms with Crippen molar-refractivity contribution in [3.8, 4) is 0 Å². The molecule has 102 valence electrons. The summed E-state index contributed by atoms with van der Waals surface area (Å²) in [5, 5.41) is 0. The zero-order valence-electron chi connectivity index (χ0n) is 10.2.